The summed E-state index contributed by atoms with van der Waals surface area (Å²) in [6.45, 7) is 3.44. The molecular formula is C59H113NO11S. The van der Waals surface area contributed by atoms with E-state index in [0.29, 0.717) is 6.42 Å². The molecule has 0 aromatic heterocycles. The zero-order chi connectivity index (χ0) is 52.6. The molecule has 0 saturated carbocycles. The van der Waals surface area contributed by atoms with Crippen molar-refractivity contribution < 1.29 is 51.8 Å². The molecule has 12 nitrogen and oxygen atoms in total. The predicted octanol–water partition coefficient (Wildman–Crippen LogP) is 14.4. The smallest absolute Gasteiger partial charge is 0.394 e. The Morgan fingerprint density at radius 2 is 0.889 bits per heavy atom. The Kier molecular flexibility index (Phi) is 46.8. The first-order valence-corrected chi connectivity index (χ1v) is 31.6. The Morgan fingerprint density at radius 3 is 1.25 bits per heavy atom. The van der Waals surface area contributed by atoms with Gasteiger partial charge in [-0.05, 0) is 44.9 Å². The first-order chi connectivity index (χ1) is 35.0. The largest absolute Gasteiger partial charge is 0.397 e. The van der Waals surface area contributed by atoms with Gasteiger partial charge in [0.2, 0.25) is 5.91 Å². The fraction of sp³-hybridized carbons (Fsp3) is 0.915. The van der Waals surface area contributed by atoms with Gasteiger partial charge in [-0.15, -0.1) is 0 Å². The van der Waals surface area contributed by atoms with Gasteiger partial charge in [0.1, 0.15) is 24.4 Å². The van der Waals surface area contributed by atoms with Crippen molar-refractivity contribution >= 4 is 16.3 Å². The van der Waals surface area contributed by atoms with Crippen molar-refractivity contribution in [2.24, 2.45) is 0 Å². The second-order valence-corrected chi connectivity index (χ2v) is 22.3. The first kappa shape index (κ1) is 68.6. The fourth-order valence-corrected chi connectivity index (χ4v) is 10.3. The molecule has 1 fully saturated rings. The minimum atomic E-state index is -5.09. The molecule has 0 aromatic rings. The number of rotatable bonds is 53. The molecule has 1 saturated heterocycles. The van der Waals surface area contributed by atoms with Gasteiger partial charge in [-0.3, -0.25) is 9.35 Å². The third-order valence-electron chi connectivity index (χ3n) is 14.5. The first-order valence-electron chi connectivity index (χ1n) is 30.2. The normalized spacial score (nSPS) is 19.5. The number of nitrogens with one attached hydrogen (secondary N) is 1. The van der Waals surface area contributed by atoms with Crippen LogP contribution in [0.3, 0.4) is 0 Å². The highest BCUT2D eigenvalue weighted by atomic mass is 32.3. The number of ether oxygens (including phenoxy) is 2. The van der Waals surface area contributed by atoms with Crippen LogP contribution in [-0.4, -0.2) is 95.4 Å². The van der Waals surface area contributed by atoms with Gasteiger partial charge in [-0.25, -0.2) is 4.18 Å². The van der Waals surface area contributed by atoms with Gasteiger partial charge in [0.15, 0.2) is 6.29 Å². The zero-order valence-electron chi connectivity index (χ0n) is 46.3. The lowest BCUT2D eigenvalue weighted by Crippen LogP contribution is -2.61. The Morgan fingerprint density at radius 1 is 0.542 bits per heavy atom. The molecular weight excluding hydrogens is 931 g/mol. The maximum atomic E-state index is 13.1. The SMILES string of the molecule is CCCCCCCCCCCCCC/C=C\CCCCCCCCCCCCCC(=O)NC(COC1OC(CO)C(O)C(OS(=O)(=O)O)C1O)C(O)/C=C/CCCCCCCCCCCCCCCCCC. The van der Waals surface area contributed by atoms with Crippen molar-refractivity contribution in [2.45, 2.75) is 333 Å². The molecule has 1 rings (SSSR count). The summed E-state index contributed by atoms with van der Waals surface area (Å²) in [5.74, 6) is -0.259. The van der Waals surface area contributed by atoms with E-state index in [0.717, 1.165) is 38.5 Å². The van der Waals surface area contributed by atoms with Gasteiger partial charge in [-0.2, -0.15) is 8.42 Å². The van der Waals surface area contributed by atoms with Crippen molar-refractivity contribution in [3.05, 3.63) is 24.3 Å². The Bertz CT molecular complexity index is 1370. The lowest BCUT2D eigenvalue weighted by Gasteiger charge is -2.41. The number of unbranched alkanes of at least 4 members (excludes halogenated alkanes) is 39. The zero-order valence-corrected chi connectivity index (χ0v) is 47.1. The topological polar surface area (TPSA) is 192 Å². The van der Waals surface area contributed by atoms with E-state index in [1.54, 1.807) is 6.08 Å². The minimum absolute atomic E-state index is 0.259. The highest BCUT2D eigenvalue weighted by molar-refractivity contribution is 7.80. The Labute approximate surface area is 442 Å². The van der Waals surface area contributed by atoms with E-state index in [1.807, 2.05) is 6.08 Å². The van der Waals surface area contributed by atoms with Crippen molar-refractivity contribution in [2.75, 3.05) is 13.2 Å². The molecule has 0 bridgehead atoms. The highest BCUT2D eigenvalue weighted by Gasteiger charge is 2.48. The van der Waals surface area contributed by atoms with Crippen LogP contribution in [0.15, 0.2) is 24.3 Å². The van der Waals surface area contributed by atoms with Gasteiger partial charge in [0, 0.05) is 6.42 Å². The number of carbonyl (C=O) groups excluding carboxylic acids is 1. The van der Waals surface area contributed by atoms with Gasteiger partial charge in [0.25, 0.3) is 0 Å². The number of carbonyl (C=O) groups is 1. The van der Waals surface area contributed by atoms with Gasteiger partial charge >= 0.3 is 10.4 Å². The molecule has 426 valence electrons. The summed E-state index contributed by atoms with van der Waals surface area (Å²) in [6.07, 6.45) is 52.3. The molecule has 0 aromatic carbocycles. The average molecular weight is 1040 g/mol. The van der Waals surface area contributed by atoms with E-state index in [4.69, 9.17) is 9.47 Å². The van der Waals surface area contributed by atoms with Gasteiger partial charge in [0.05, 0.1) is 25.4 Å². The molecule has 7 unspecified atom stereocenters. The monoisotopic (exact) mass is 1040 g/mol. The summed E-state index contributed by atoms with van der Waals surface area (Å²) < 4.78 is 47.9. The van der Waals surface area contributed by atoms with Gasteiger partial charge in [-0.1, -0.05) is 263 Å². The van der Waals surface area contributed by atoms with E-state index < -0.39 is 59.9 Å². The van der Waals surface area contributed by atoms with E-state index in [2.05, 4.69) is 35.5 Å². The van der Waals surface area contributed by atoms with Crippen LogP contribution in [0.1, 0.15) is 290 Å². The third kappa shape index (κ3) is 40.8. The van der Waals surface area contributed by atoms with E-state index in [1.165, 1.54) is 225 Å². The van der Waals surface area contributed by atoms with Gasteiger partial charge < -0.3 is 35.2 Å². The lowest BCUT2D eigenvalue weighted by molar-refractivity contribution is -0.298. The van der Waals surface area contributed by atoms with Crippen molar-refractivity contribution in [3.8, 4) is 0 Å². The molecule has 72 heavy (non-hydrogen) atoms. The Hall–Kier alpha value is -1.42. The third-order valence-corrected chi connectivity index (χ3v) is 14.9. The maximum Gasteiger partial charge on any atom is 0.397 e. The second-order valence-electron chi connectivity index (χ2n) is 21.3. The summed E-state index contributed by atoms with van der Waals surface area (Å²) in [6, 6.07) is -0.943. The van der Waals surface area contributed by atoms with E-state index in [9.17, 15) is 38.2 Å². The van der Waals surface area contributed by atoms with Crippen molar-refractivity contribution in [1.29, 1.82) is 0 Å². The van der Waals surface area contributed by atoms with Crippen molar-refractivity contribution in [3.63, 3.8) is 0 Å². The summed E-state index contributed by atoms with van der Waals surface area (Å²) in [5.41, 5.74) is 0. The maximum absolute atomic E-state index is 13.1. The molecule has 1 aliphatic heterocycles. The molecule has 7 atom stereocenters. The molecule has 0 spiro atoms. The van der Waals surface area contributed by atoms with Crippen LogP contribution in [0.25, 0.3) is 0 Å². The summed E-state index contributed by atoms with van der Waals surface area (Å²) >= 11 is 0. The number of aliphatic hydroxyl groups excluding tert-OH is 4. The minimum Gasteiger partial charge on any atom is -0.394 e. The van der Waals surface area contributed by atoms with E-state index >= 15 is 0 Å². The van der Waals surface area contributed by atoms with E-state index in [-0.39, 0.29) is 18.9 Å². The van der Waals surface area contributed by atoms with Crippen LogP contribution in [0.5, 0.6) is 0 Å². The average Bonchev–Trinajstić information content (AvgIpc) is 3.36. The number of allylic oxidation sites excluding steroid dienone is 3. The number of aliphatic hydroxyl groups is 4. The second kappa shape index (κ2) is 49.2. The predicted molar refractivity (Wildman–Crippen MR) is 296 cm³/mol. The Balaban J connectivity index is 2.33. The number of hydrogen-bond acceptors (Lipinski definition) is 10. The summed E-state index contributed by atoms with van der Waals surface area (Å²) in [7, 11) is -5.09. The van der Waals surface area contributed by atoms with Crippen LogP contribution >= 0.6 is 0 Å². The summed E-state index contributed by atoms with van der Waals surface area (Å²) in [4.78, 5) is 13.1. The quantitative estimate of drug-likeness (QED) is 0.0193. The molecule has 1 amide bonds. The number of amides is 1. The molecule has 1 aliphatic rings. The van der Waals surface area contributed by atoms with Crippen molar-refractivity contribution in [1.82, 2.24) is 5.32 Å². The molecule has 1 heterocycles. The van der Waals surface area contributed by atoms with Crippen LogP contribution in [0, 0.1) is 0 Å². The van der Waals surface area contributed by atoms with Crippen LogP contribution in [0.2, 0.25) is 0 Å². The molecule has 6 N–H and O–H groups in total. The highest BCUT2D eigenvalue weighted by Crippen LogP contribution is 2.26. The molecule has 0 radical (unpaired) electrons. The lowest BCUT2D eigenvalue weighted by atomic mass is 9.99. The van der Waals surface area contributed by atoms with Crippen LogP contribution in [-0.2, 0) is 28.9 Å². The molecule has 13 heteroatoms. The molecule has 0 aliphatic carbocycles. The number of hydrogen-bond donors (Lipinski definition) is 6. The fourth-order valence-electron chi connectivity index (χ4n) is 9.81. The standard InChI is InChI=1S/C59H113NO11S/c1-3-5-7-9-11-13-15-17-19-21-23-24-25-26-27-28-29-30-31-33-35-37-39-41-43-45-47-49-55(63)60-52(51-69-59-57(65)58(71-72(66,67)68)56(64)54(50-61)70-59)53(62)48-46-44-42-40-38-36-34-32-22-20-18-16-14-12-10-8-6-4-2/h26-27,46,48,52-54,56-59,61-62,64-65H,3-25,28-45,47,49-51H2,1-2H3,(H,60,63)(H,66,67,68)/b27-26-,48-46+. The summed E-state index contributed by atoms with van der Waals surface area (Å²) in [5, 5.41) is 45.0. The van der Waals surface area contributed by atoms with Crippen LogP contribution < -0.4 is 5.32 Å². The van der Waals surface area contributed by atoms with Crippen LogP contribution in [0.4, 0.5) is 0 Å².